The molecule has 0 saturated carbocycles. The minimum absolute atomic E-state index is 0.0669. The maximum absolute atomic E-state index is 11.7. The van der Waals surface area contributed by atoms with Gasteiger partial charge in [0, 0.05) is 16.9 Å². The first kappa shape index (κ1) is 14.1. The molecule has 0 bridgehead atoms. The maximum Gasteiger partial charge on any atom is 0.356 e. The third-order valence-electron chi connectivity index (χ3n) is 2.30. The Balaban J connectivity index is 2.70. The fraction of sp³-hybridized carbons (Fsp3) is 0.200. The normalized spacial score (nSPS) is 11.7. The summed E-state index contributed by atoms with van der Waals surface area (Å²) in [6.07, 6.45) is 2.42. The van der Waals surface area contributed by atoms with E-state index >= 15 is 0 Å². The number of hydrogen-bond donors (Lipinski definition) is 0. The number of carbonyl (C=O) groups is 1. The Morgan fingerprint density at radius 2 is 2.21 bits per heavy atom. The SMILES string of the molecule is CCOC(=O)c1cnc2c(Cl)cc(S(=O)(=O)Cl)cn12. The van der Waals surface area contributed by atoms with Gasteiger partial charge in [-0.2, -0.15) is 0 Å². The molecular weight excluding hydrogens is 315 g/mol. The standard InChI is InChI=1S/C10H8Cl2N2O4S/c1-2-18-10(15)8-4-13-9-7(11)3-6(5-14(8)9)19(12,16)17/h3-5H,2H2,1H3. The van der Waals surface area contributed by atoms with Crippen LogP contribution in [0.1, 0.15) is 17.4 Å². The van der Waals surface area contributed by atoms with Crippen molar-refractivity contribution in [1.29, 1.82) is 0 Å². The van der Waals surface area contributed by atoms with E-state index in [0.29, 0.717) is 0 Å². The minimum Gasteiger partial charge on any atom is -0.461 e. The highest BCUT2D eigenvalue weighted by Crippen LogP contribution is 2.24. The van der Waals surface area contributed by atoms with Gasteiger partial charge in [-0.05, 0) is 13.0 Å². The fourth-order valence-corrected chi connectivity index (χ4v) is 2.58. The second kappa shape index (κ2) is 4.99. The molecule has 2 aromatic rings. The summed E-state index contributed by atoms with van der Waals surface area (Å²) < 4.78 is 28.7. The van der Waals surface area contributed by atoms with Crippen molar-refractivity contribution in [2.24, 2.45) is 0 Å². The summed E-state index contributed by atoms with van der Waals surface area (Å²) in [6, 6.07) is 1.17. The van der Waals surface area contributed by atoms with Gasteiger partial charge in [-0.1, -0.05) is 11.6 Å². The molecule has 19 heavy (non-hydrogen) atoms. The molecule has 0 aromatic carbocycles. The Morgan fingerprint density at radius 3 is 2.79 bits per heavy atom. The molecular formula is C10H8Cl2N2O4S. The van der Waals surface area contributed by atoms with Crippen LogP contribution in [0, 0.1) is 0 Å². The Morgan fingerprint density at radius 1 is 1.53 bits per heavy atom. The number of hydrogen-bond acceptors (Lipinski definition) is 5. The van der Waals surface area contributed by atoms with Crippen LogP contribution in [0.3, 0.4) is 0 Å². The van der Waals surface area contributed by atoms with Gasteiger partial charge in [0.1, 0.15) is 4.90 Å². The van der Waals surface area contributed by atoms with E-state index in [1.165, 1.54) is 22.9 Å². The van der Waals surface area contributed by atoms with Crippen molar-refractivity contribution < 1.29 is 17.9 Å². The average molecular weight is 323 g/mol. The monoisotopic (exact) mass is 322 g/mol. The van der Waals surface area contributed by atoms with E-state index in [4.69, 9.17) is 27.0 Å². The summed E-state index contributed by atoms with van der Waals surface area (Å²) in [5.41, 5.74) is 0.315. The largest absolute Gasteiger partial charge is 0.461 e. The molecule has 6 nitrogen and oxygen atoms in total. The van der Waals surface area contributed by atoms with Crippen LogP contribution in [-0.2, 0) is 13.8 Å². The topological polar surface area (TPSA) is 77.7 Å². The molecule has 102 valence electrons. The van der Waals surface area contributed by atoms with Gasteiger partial charge in [0.15, 0.2) is 11.3 Å². The van der Waals surface area contributed by atoms with E-state index in [0.717, 1.165) is 0 Å². The highest BCUT2D eigenvalue weighted by atomic mass is 35.7. The number of carbonyl (C=O) groups excluding carboxylic acids is 1. The molecule has 0 spiro atoms. The molecule has 0 aliphatic heterocycles. The third-order valence-corrected chi connectivity index (χ3v) is 3.90. The quantitative estimate of drug-likeness (QED) is 0.638. The minimum atomic E-state index is -3.96. The van der Waals surface area contributed by atoms with Crippen molar-refractivity contribution in [2.75, 3.05) is 6.61 Å². The van der Waals surface area contributed by atoms with Crippen LogP contribution in [0.25, 0.3) is 5.65 Å². The number of nitrogens with zero attached hydrogens (tertiary/aromatic N) is 2. The van der Waals surface area contributed by atoms with Crippen LogP contribution in [0.2, 0.25) is 5.02 Å². The molecule has 9 heteroatoms. The number of rotatable bonds is 3. The zero-order valence-corrected chi connectivity index (χ0v) is 12.0. The first-order valence-electron chi connectivity index (χ1n) is 5.13. The second-order valence-corrected chi connectivity index (χ2v) is 6.49. The number of halogens is 2. The summed E-state index contributed by atoms with van der Waals surface area (Å²) in [6.45, 7) is 1.84. The fourth-order valence-electron chi connectivity index (χ4n) is 1.51. The summed E-state index contributed by atoms with van der Waals surface area (Å²) in [4.78, 5) is 15.4. The molecule has 2 aromatic heterocycles. The van der Waals surface area contributed by atoms with Gasteiger partial charge in [-0.25, -0.2) is 18.2 Å². The molecule has 0 radical (unpaired) electrons. The smallest absolute Gasteiger partial charge is 0.356 e. The highest BCUT2D eigenvalue weighted by Gasteiger charge is 2.19. The van der Waals surface area contributed by atoms with Crippen molar-refractivity contribution in [3.05, 3.63) is 29.2 Å². The van der Waals surface area contributed by atoms with Crippen molar-refractivity contribution in [2.45, 2.75) is 11.8 Å². The molecule has 0 aliphatic carbocycles. The van der Waals surface area contributed by atoms with E-state index in [-0.39, 0.29) is 27.9 Å². The second-order valence-electron chi connectivity index (χ2n) is 3.52. The van der Waals surface area contributed by atoms with Crippen LogP contribution in [0.5, 0.6) is 0 Å². The number of esters is 1. The maximum atomic E-state index is 11.7. The summed E-state index contributed by atoms with van der Waals surface area (Å²) in [5, 5.41) is 0.0669. The molecule has 0 N–H and O–H groups in total. The van der Waals surface area contributed by atoms with Crippen molar-refractivity contribution in [3.8, 4) is 0 Å². The first-order chi connectivity index (χ1) is 8.84. The van der Waals surface area contributed by atoms with Gasteiger partial charge in [0.25, 0.3) is 9.05 Å². The number of fused-ring (bicyclic) bond motifs is 1. The van der Waals surface area contributed by atoms with E-state index < -0.39 is 15.0 Å². The summed E-state index contributed by atoms with van der Waals surface area (Å²) >= 11 is 5.90. The lowest BCUT2D eigenvalue weighted by molar-refractivity contribution is 0.0518. The van der Waals surface area contributed by atoms with Gasteiger partial charge in [-0.15, -0.1) is 0 Å². The van der Waals surface area contributed by atoms with Crippen molar-refractivity contribution in [1.82, 2.24) is 9.38 Å². The van der Waals surface area contributed by atoms with Gasteiger partial charge >= 0.3 is 5.97 Å². The molecule has 2 heterocycles. The number of pyridine rings is 1. The predicted octanol–water partition coefficient (Wildman–Crippen LogP) is 2.09. The molecule has 0 saturated heterocycles. The lowest BCUT2D eigenvalue weighted by Gasteiger charge is -2.04. The summed E-state index contributed by atoms with van der Waals surface area (Å²) in [7, 11) is 1.29. The Hall–Kier alpha value is -1.31. The highest BCUT2D eigenvalue weighted by molar-refractivity contribution is 8.13. The zero-order valence-electron chi connectivity index (χ0n) is 9.63. The van der Waals surface area contributed by atoms with Gasteiger partial charge in [0.2, 0.25) is 0 Å². The molecule has 0 unspecified atom stereocenters. The Kier molecular flexibility index (Phi) is 3.71. The number of aromatic nitrogens is 2. The van der Waals surface area contributed by atoms with Crippen LogP contribution in [0.4, 0.5) is 0 Å². The van der Waals surface area contributed by atoms with E-state index in [1.807, 2.05) is 0 Å². The van der Waals surface area contributed by atoms with Crippen LogP contribution < -0.4 is 0 Å². The van der Waals surface area contributed by atoms with Gasteiger partial charge in [-0.3, -0.25) is 4.40 Å². The zero-order chi connectivity index (χ0) is 14.2. The Labute approximate surface area is 118 Å². The molecule has 0 fully saturated rings. The number of ether oxygens (including phenoxy) is 1. The van der Waals surface area contributed by atoms with Gasteiger partial charge < -0.3 is 4.74 Å². The molecule has 0 aliphatic rings. The van der Waals surface area contributed by atoms with Crippen molar-refractivity contribution in [3.63, 3.8) is 0 Å². The molecule has 0 atom stereocenters. The van der Waals surface area contributed by atoms with E-state index in [9.17, 15) is 13.2 Å². The third kappa shape index (κ3) is 2.68. The van der Waals surface area contributed by atoms with Crippen LogP contribution >= 0.6 is 22.3 Å². The lowest BCUT2D eigenvalue weighted by atomic mass is 10.4. The van der Waals surface area contributed by atoms with E-state index in [1.54, 1.807) is 6.92 Å². The first-order valence-corrected chi connectivity index (χ1v) is 7.81. The predicted molar refractivity (Wildman–Crippen MR) is 69.2 cm³/mol. The molecule has 2 rings (SSSR count). The average Bonchev–Trinajstić information content (AvgIpc) is 2.72. The molecule has 0 amide bonds. The summed E-state index contributed by atoms with van der Waals surface area (Å²) in [5.74, 6) is -0.629. The van der Waals surface area contributed by atoms with Crippen molar-refractivity contribution >= 4 is 43.0 Å². The van der Waals surface area contributed by atoms with Crippen LogP contribution in [0.15, 0.2) is 23.4 Å². The van der Waals surface area contributed by atoms with E-state index in [2.05, 4.69) is 4.98 Å². The van der Waals surface area contributed by atoms with Crippen LogP contribution in [-0.4, -0.2) is 30.4 Å². The van der Waals surface area contributed by atoms with Gasteiger partial charge in [0.05, 0.1) is 17.8 Å². The number of imidazole rings is 1. The Bertz CT molecular complexity index is 754. The lowest BCUT2D eigenvalue weighted by Crippen LogP contribution is -2.08.